The number of nitrogens with zero attached hydrogens (tertiary/aromatic N) is 8. The maximum absolute atomic E-state index is 14.8. The van der Waals surface area contributed by atoms with Gasteiger partial charge in [-0.15, -0.1) is 11.3 Å². The monoisotopic (exact) mass is 636 g/mol. The molecule has 5 fully saturated rings. The molecular weight excluding hydrogens is 602 g/mol. The van der Waals surface area contributed by atoms with Crippen molar-refractivity contribution in [1.29, 1.82) is 5.26 Å². The number of rotatable bonds is 6. The van der Waals surface area contributed by atoms with Gasteiger partial charge in [-0.25, -0.2) is 13.8 Å². The minimum absolute atomic E-state index is 0.104. The van der Waals surface area contributed by atoms with Crippen molar-refractivity contribution < 1.29 is 18.0 Å². The molecule has 6 aliphatic rings. The number of anilines is 1. The van der Waals surface area contributed by atoms with Gasteiger partial charge in [-0.05, 0) is 52.0 Å². The van der Waals surface area contributed by atoms with E-state index in [0.29, 0.717) is 61.1 Å². The fourth-order valence-electron chi connectivity index (χ4n) is 9.24. The van der Waals surface area contributed by atoms with Crippen molar-refractivity contribution in [3.8, 4) is 23.7 Å². The number of aromatic nitrogens is 5. The fourth-order valence-corrected chi connectivity index (χ4v) is 10.4. The van der Waals surface area contributed by atoms with Crippen LogP contribution in [0.5, 0.6) is 6.01 Å². The van der Waals surface area contributed by atoms with Gasteiger partial charge in [0, 0.05) is 42.4 Å². The Morgan fingerprint density at radius 3 is 2.93 bits per heavy atom. The molecule has 9 rings (SSSR count). The van der Waals surface area contributed by atoms with E-state index in [2.05, 4.69) is 31.3 Å². The highest BCUT2D eigenvalue weighted by Crippen LogP contribution is 2.54. The number of nitrogens with one attached hydrogen (secondary N) is 1. The maximum Gasteiger partial charge on any atom is 0.320 e. The van der Waals surface area contributed by atoms with E-state index in [-0.39, 0.29) is 41.9 Å². The Morgan fingerprint density at radius 2 is 2.07 bits per heavy atom. The van der Waals surface area contributed by atoms with Gasteiger partial charge in [0.1, 0.15) is 35.7 Å². The molecule has 8 heterocycles. The summed E-state index contributed by atoms with van der Waals surface area (Å²) in [5, 5.41) is 18.2. The van der Waals surface area contributed by atoms with E-state index in [4.69, 9.17) is 29.9 Å². The van der Waals surface area contributed by atoms with Gasteiger partial charge in [0.15, 0.2) is 5.82 Å². The minimum atomic E-state index is -0.905. The van der Waals surface area contributed by atoms with Gasteiger partial charge in [0.05, 0.1) is 22.6 Å². The average molecular weight is 637 g/mol. The SMILES string of the molecule is C[C@]1(c2nc(-c3nc(OC[C@@]45CCCN4C[C@H](F)C5)nc(C45C[C@H]6C[C@@H](F)[C@@H](CN4)N65)n3)no2)CCCc2sc(N)c(C#N)c21. The number of halogens is 2. The number of ether oxygens (including phenoxy) is 1. The smallest absolute Gasteiger partial charge is 0.320 e. The van der Waals surface area contributed by atoms with Crippen molar-refractivity contribution in [3.63, 3.8) is 0 Å². The second-order valence-corrected chi connectivity index (χ2v) is 15.0. The molecule has 0 saturated carbocycles. The summed E-state index contributed by atoms with van der Waals surface area (Å²) in [6, 6.07) is 2.28. The maximum atomic E-state index is 14.8. The number of aryl methyl sites for hydroxylation is 1. The first-order chi connectivity index (χ1) is 21.7. The lowest BCUT2D eigenvalue weighted by Crippen LogP contribution is -2.64. The molecule has 1 aliphatic carbocycles. The van der Waals surface area contributed by atoms with Crippen LogP contribution in [0.4, 0.5) is 13.8 Å². The van der Waals surface area contributed by atoms with Gasteiger partial charge < -0.3 is 15.0 Å². The quantitative estimate of drug-likeness (QED) is 0.409. The molecule has 3 aromatic heterocycles. The molecule has 45 heavy (non-hydrogen) atoms. The first-order valence-electron chi connectivity index (χ1n) is 15.9. The molecule has 236 valence electrons. The van der Waals surface area contributed by atoms with E-state index in [1.807, 2.05) is 6.92 Å². The van der Waals surface area contributed by atoms with Gasteiger partial charge in [-0.2, -0.15) is 20.2 Å². The zero-order chi connectivity index (χ0) is 30.7. The molecule has 3 N–H and O–H groups in total. The third-order valence-corrected chi connectivity index (χ3v) is 12.4. The Bertz CT molecular complexity index is 1750. The number of hydrogen-bond acceptors (Lipinski definition) is 13. The zero-order valence-electron chi connectivity index (χ0n) is 24.9. The molecule has 3 aromatic rings. The molecule has 0 spiro atoms. The highest BCUT2D eigenvalue weighted by Gasteiger charge is 2.67. The van der Waals surface area contributed by atoms with Crippen LogP contribution in [0.2, 0.25) is 0 Å². The first kappa shape index (κ1) is 27.9. The van der Waals surface area contributed by atoms with E-state index in [1.165, 1.54) is 11.3 Å². The van der Waals surface area contributed by atoms with Crippen LogP contribution in [0.25, 0.3) is 11.6 Å². The number of alkyl halides is 2. The third-order valence-electron chi connectivity index (χ3n) is 11.3. The van der Waals surface area contributed by atoms with Gasteiger partial charge >= 0.3 is 6.01 Å². The summed E-state index contributed by atoms with van der Waals surface area (Å²) in [6.07, 6.45) is 4.10. The molecule has 12 nitrogen and oxygen atoms in total. The summed E-state index contributed by atoms with van der Waals surface area (Å²) in [5.74, 6) is 1.15. The summed E-state index contributed by atoms with van der Waals surface area (Å²) in [6.45, 7) is 4.03. The Kier molecular flexibility index (Phi) is 5.96. The largest absolute Gasteiger partial charge is 0.461 e. The van der Waals surface area contributed by atoms with Crippen molar-refractivity contribution in [1.82, 2.24) is 40.2 Å². The Balaban J connectivity index is 1.10. The lowest BCUT2D eigenvalue weighted by atomic mass is 9.72. The second-order valence-electron chi connectivity index (χ2n) is 13.8. The van der Waals surface area contributed by atoms with E-state index in [1.54, 1.807) is 0 Å². The normalized spacial score (nSPS) is 36.8. The summed E-state index contributed by atoms with van der Waals surface area (Å²) in [5.41, 5.74) is 5.74. The van der Waals surface area contributed by atoms with E-state index in [0.717, 1.165) is 42.7 Å². The van der Waals surface area contributed by atoms with E-state index in [9.17, 15) is 14.0 Å². The Morgan fingerprint density at radius 1 is 1.18 bits per heavy atom. The summed E-state index contributed by atoms with van der Waals surface area (Å²) < 4.78 is 41.5. The minimum Gasteiger partial charge on any atom is -0.461 e. The van der Waals surface area contributed by atoms with Crippen LogP contribution in [0.15, 0.2) is 4.52 Å². The van der Waals surface area contributed by atoms with Crippen molar-refractivity contribution >= 4 is 16.3 Å². The second kappa shape index (κ2) is 9.60. The average Bonchev–Trinajstić information content (AvgIpc) is 3.83. The van der Waals surface area contributed by atoms with E-state index >= 15 is 0 Å². The Hall–Kier alpha value is -3.32. The van der Waals surface area contributed by atoms with Crippen LogP contribution in [0, 0.1) is 11.3 Å². The molecule has 15 heteroatoms. The summed E-state index contributed by atoms with van der Waals surface area (Å²) in [7, 11) is 0. The van der Waals surface area contributed by atoms with Gasteiger partial charge in [0.2, 0.25) is 17.5 Å². The van der Waals surface area contributed by atoms with Crippen molar-refractivity contribution in [3.05, 3.63) is 27.7 Å². The molecule has 0 bridgehead atoms. The van der Waals surface area contributed by atoms with Crippen LogP contribution in [-0.4, -0.2) is 91.1 Å². The van der Waals surface area contributed by atoms with Crippen molar-refractivity contribution in [2.24, 2.45) is 0 Å². The molecular formula is C30H34F2N10O2S. The number of fused-ring (bicyclic) bond motifs is 2. The standard InChI is InChI=1S/C30H34F2N10O2S/c1-28(5-2-4-20-21(28)17(11-33)22(34)45-20)26-37-24(40-44-26)23-36-25(30-10-16-8-18(32)19(12-35-30)42(16)30)39-27(38-23)43-14-29-6-3-7-41(29)13-15(31)9-29/h15-16,18-19,35H,2-10,12-14,34H2,1H3/t15-,16-,18-,19-,28+,29+,30?/m1/s1. The molecule has 1 unspecified atom stereocenters. The Labute approximate surface area is 262 Å². The third kappa shape index (κ3) is 3.85. The van der Waals surface area contributed by atoms with Gasteiger partial charge in [-0.3, -0.25) is 15.1 Å². The number of thiophene rings is 1. The molecule has 0 amide bonds. The molecule has 5 aliphatic heterocycles. The van der Waals surface area contributed by atoms with E-state index < -0.39 is 23.4 Å². The zero-order valence-corrected chi connectivity index (χ0v) is 25.7. The van der Waals surface area contributed by atoms with Gasteiger partial charge in [0.25, 0.3) is 0 Å². The number of nitriles is 1. The fraction of sp³-hybridized carbons (Fsp3) is 0.667. The van der Waals surface area contributed by atoms with Gasteiger partial charge in [-0.1, -0.05) is 5.16 Å². The number of hydrogen-bond donors (Lipinski definition) is 2. The molecule has 7 atom stereocenters. The number of nitrogens with two attached hydrogens (primary N) is 1. The van der Waals surface area contributed by atoms with Crippen LogP contribution in [0.1, 0.15) is 79.6 Å². The first-order valence-corrected chi connectivity index (χ1v) is 16.7. The van der Waals surface area contributed by atoms with Crippen LogP contribution in [-0.2, 0) is 17.5 Å². The lowest BCUT2D eigenvalue weighted by Gasteiger charge is -2.51. The van der Waals surface area contributed by atoms with Crippen molar-refractivity contribution in [2.75, 3.05) is 32.0 Å². The van der Waals surface area contributed by atoms with Crippen LogP contribution in [0.3, 0.4) is 0 Å². The van der Waals surface area contributed by atoms with Crippen molar-refractivity contribution in [2.45, 2.75) is 99.3 Å². The molecule has 0 aromatic carbocycles. The number of nitrogen functional groups attached to an aromatic ring is 1. The van der Waals surface area contributed by atoms with Crippen LogP contribution < -0.4 is 15.8 Å². The molecule has 5 saturated heterocycles. The highest BCUT2D eigenvalue weighted by molar-refractivity contribution is 7.16. The summed E-state index contributed by atoms with van der Waals surface area (Å²) in [4.78, 5) is 24.5. The lowest BCUT2D eigenvalue weighted by molar-refractivity contribution is -0.0588. The predicted octanol–water partition coefficient (Wildman–Crippen LogP) is 2.98. The predicted molar refractivity (Wildman–Crippen MR) is 158 cm³/mol. The highest BCUT2D eigenvalue weighted by atomic mass is 32.1. The molecule has 0 radical (unpaired) electrons. The topological polar surface area (TPSA) is 155 Å². The van der Waals surface area contributed by atoms with Crippen LogP contribution >= 0.6 is 11.3 Å². The summed E-state index contributed by atoms with van der Waals surface area (Å²) >= 11 is 1.44.